The van der Waals surface area contributed by atoms with Gasteiger partial charge in [0, 0.05) is 40.7 Å². The average molecular weight is 319 g/mol. The van der Waals surface area contributed by atoms with E-state index in [2.05, 4.69) is 64.1 Å². The normalized spacial score (nSPS) is 11.4. The van der Waals surface area contributed by atoms with Crippen molar-refractivity contribution in [1.82, 2.24) is 15.3 Å². The maximum absolute atomic E-state index is 5.33. The molecule has 24 heavy (non-hydrogen) atoms. The molecule has 0 saturated carbocycles. The Hall–Kier alpha value is -2.72. The second-order valence-corrected chi connectivity index (χ2v) is 6.01. The van der Waals surface area contributed by atoms with Crippen LogP contribution >= 0.6 is 0 Å². The van der Waals surface area contributed by atoms with Crippen LogP contribution in [0.3, 0.4) is 0 Å². The number of hydrogen-bond donors (Lipinski definition) is 3. The van der Waals surface area contributed by atoms with E-state index in [4.69, 9.17) is 4.74 Å². The topological polar surface area (TPSA) is 52.8 Å². The van der Waals surface area contributed by atoms with Crippen LogP contribution in [0.1, 0.15) is 11.1 Å². The summed E-state index contributed by atoms with van der Waals surface area (Å²) >= 11 is 0. The van der Waals surface area contributed by atoms with Crippen LogP contribution in [0.25, 0.3) is 21.8 Å². The fraction of sp³-hybridized carbons (Fsp3) is 0.200. The number of ether oxygens (including phenoxy) is 1. The van der Waals surface area contributed by atoms with Gasteiger partial charge in [-0.15, -0.1) is 0 Å². The van der Waals surface area contributed by atoms with Crippen LogP contribution in [0.15, 0.2) is 54.9 Å². The zero-order chi connectivity index (χ0) is 16.4. The summed E-state index contributed by atoms with van der Waals surface area (Å²) in [6.45, 7) is 1.80. The Morgan fingerprint density at radius 3 is 2.58 bits per heavy atom. The minimum atomic E-state index is 0.871. The number of aromatic nitrogens is 2. The van der Waals surface area contributed by atoms with Crippen molar-refractivity contribution in [3.05, 3.63) is 66.0 Å². The smallest absolute Gasteiger partial charge is 0.119 e. The van der Waals surface area contributed by atoms with Crippen molar-refractivity contribution >= 4 is 21.8 Å². The van der Waals surface area contributed by atoms with E-state index in [-0.39, 0.29) is 0 Å². The summed E-state index contributed by atoms with van der Waals surface area (Å²) < 4.78 is 5.33. The van der Waals surface area contributed by atoms with Crippen molar-refractivity contribution < 1.29 is 4.74 Å². The van der Waals surface area contributed by atoms with Gasteiger partial charge >= 0.3 is 0 Å². The van der Waals surface area contributed by atoms with Crippen molar-refractivity contribution in [1.29, 1.82) is 0 Å². The molecule has 0 saturated heterocycles. The summed E-state index contributed by atoms with van der Waals surface area (Å²) in [5.41, 5.74) is 4.97. The Bertz CT molecular complexity index is 967. The standard InChI is InChI=1S/C20H21N3O/c1-24-16-6-7-20-18(10-16)14(12-22-20)8-9-21-11-15-13-23-19-5-3-2-4-17(15)19/h2-7,10,12-13,21-23H,8-9,11H2,1H3. The summed E-state index contributed by atoms with van der Waals surface area (Å²) in [7, 11) is 1.70. The molecule has 0 spiro atoms. The van der Waals surface area contributed by atoms with Crippen molar-refractivity contribution in [2.24, 2.45) is 0 Å². The van der Waals surface area contributed by atoms with Gasteiger partial charge in [0.15, 0.2) is 0 Å². The van der Waals surface area contributed by atoms with Gasteiger partial charge in [0.25, 0.3) is 0 Å². The predicted molar refractivity (Wildman–Crippen MR) is 98.6 cm³/mol. The molecule has 0 radical (unpaired) electrons. The number of para-hydroxylation sites is 1. The molecule has 0 atom stereocenters. The van der Waals surface area contributed by atoms with Crippen molar-refractivity contribution in [3.63, 3.8) is 0 Å². The molecule has 0 fully saturated rings. The van der Waals surface area contributed by atoms with E-state index in [1.54, 1.807) is 7.11 Å². The lowest BCUT2D eigenvalue weighted by Crippen LogP contribution is -2.16. The number of H-pyrrole nitrogens is 2. The molecule has 4 rings (SSSR count). The van der Waals surface area contributed by atoms with Gasteiger partial charge in [0.05, 0.1) is 7.11 Å². The molecule has 4 aromatic rings. The number of aromatic amines is 2. The lowest BCUT2D eigenvalue weighted by molar-refractivity contribution is 0.415. The Morgan fingerprint density at radius 2 is 1.71 bits per heavy atom. The molecule has 4 nitrogen and oxygen atoms in total. The largest absolute Gasteiger partial charge is 0.497 e. The number of nitrogens with one attached hydrogen (secondary N) is 3. The van der Waals surface area contributed by atoms with Gasteiger partial charge in [-0.3, -0.25) is 0 Å². The number of fused-ring (bicyclic) bond motifs is 2. The number of hydrogen-bond acceptors (Lipinski definition) is 2. The predicted octanol–water partition coefficient (Wildman–Crippen LogP) is 3.99. The highest BCUT2D eigenvalue weighted by Crippen LogP contribution is 2.24. The molecule has 0 bridgehead atoms. The molecule has 2 heterocycles. The van der Waals surface area contributed by atoms with Crippen LogP contribution in [-0.4, -0.2) is 23.6 Å². The van der Waals surface area contributed by atoms with E-state index in [1.807, 2.05) is 6.07 Å². The molecule has 2 aromatic heterocycles. The SMILES string of the molecule is COc1ccc2[nH]cc(CCNCc3c[nH]c4ccccc34)c2c1. The number of methoxy groups -OCH3 is 1. The van der Waals surface area contributed by atoms with E-state index in [0.717, 1.165) is 30.8 Å². The summed E-state index contributed by atoms with van der Waals surface area (Å²) in [5.74, 6) is 0.898. The van der Waals surface area contributed by atoms with Gasteiger partial charge in [-0.05, 0) is 48.4 Å². The van der Waals surface area contributed by atoms with E-state index in [0.29, 0.717) is 0 Å². The Balaban J connectivity index is 1.41. The minimum absolute atomic E-state index is 0.871. The van der Waals surface area contributed by atoms with Crippen molar-refractivity contribution in [3.8, 4) is 5.75 Å². The van der Waals surface area contributed by atoms with Gasteiger partial charge < -0.3 is 20.0 Å². The Morgan fingerprint density at radius 1 is 0.917 bits per heavy atom. The van der Waals surface area contributed by atoms with E-state index in [1.165, 1.54) is 27.4 Å². The van der Waals surface area contributed by atoms with Crippen LogP contribution in [0, 0.1) is 0 Å². The molecular weight excluding hydrogens is 298 g/mol. The maximum Gasteiger partial charge on any atom is 0.119 e. The van der Waals surface area contributed by atoms with Gasteiger partial charge in [-0.2, -0.15) is 0 Å². The zero-order valence-corrected chi connectivity index (χ0v) is 13.7. The third kappa shape index (κ3) is 2.76. The third-order valence-corrected chi connectivity index (χ3v) is 4.54. The van der Waals surface area contributed by atoms with Crippen molar-refractivity contribution in [2.75, 3.05) is 13.7 Å². The molecule has 0 aliphatic rings. The first kappa shape index (κ1) is 14.8. The van der Waals surface area contributed by atoms with Gasteiger partial charge in [-0.25, -0.2) is 0 Å². The fourth-order valence-corrected chi connectivity index (χ4v) is 3.22. The summed E-state index contributed by atoms with van der Waals surface area (Å²) in [6.07, 6.45) is 5.17. The first-order valence-corrected chi connectivity index (χ1v) is 8.25. The lowest BCUT2D eigenvalue weighted by atomic mass is 10.1. The summed E-state index contributed by atoms with van der Waals surface area (Å²) in [4.78, 5) is 6.65. The lowest BCUT2D eigenvalue weighted by Gasteiger charge is -2.05. The first-order chi connectivity index (χ1) is 11.8. The molecule has 0 aliphatic carbocycles. The van der Waals surface area contributed by atoms with E-state index >= 15 is 0 Å². The highest BCUT2D eigenvalue weighted by atomic mass is 16.5. The second-order valence-electron chi connectivity index (χ2n) is 6.01. The molecule has 0 unspecified atom stereocenters. The van der Waals surface area contributed by atoms with Crippen LogP contribution in [0.5, 0.6) is 5.75 Å². The van der Waals surface area contributed by atoms with E-state index in [9.17, 15) is 0 Å². The van der Waals surface area contributed by atoms with Crippen LogP contribution in [-0.2, 0) is 13.0 Å². The van der Waals surface area contributed by atoms with Crippen LogP contribution in [0.4, 0.5) is 0 Å². The molecule has 0 amide bonds. The summed E-state index contributed by atoms with van der Waals surface area (Å²) in [5, 5.41) is 6.08. The molecular formula is C20H21N3O. The molecule has 0 aliphatic heterocycles. The minimum Gasteiger partial charge on any atom is -0.497 e. The van der Waals surface area contributed by atoms with Crippen molar-refractivity contribution in [2.45, 2.75) is 13.0 Å². The molecule has 2 aromatic carbocycles. The van der Waals surface area contributed by atoms with Gasteiger partial charge in [-0.1, -0.05) is 18.2 Å². The first-order valence-electron chi connectivity index (χ1n) is 8.25. The van der Waals surface area contributed by atoms with Gasteiger partial charge in [0.1, 0.15) is 5.75 Å². The maximum atomic E-state index is 5.33. The van der Waals surface area contributed by atoms with Crippen LogP contribution < -0.4 is 10.1 Å². The molecule has 122 valence electrons. The van der Waals surface area contributed by atoms with Crippen LogP contribution in [0.2, 0.25) is 0 Å². The molecule has 4 heteroatoms. The monoisotopic (exact) mass is 319 g/mol. The highest BCUT2D eigenvalue weighted by Gasteiger charge is 2.06. The number of benzene rings is 2. The Labute approximate surface area is 140 Å². The van der Waals surface area contributed by atoms with Gasteiger partial charge in [0.2, 0.25) is 0 Å². The average Bonchev–Trinajstić information content (AvgIpc) is 3.22. The second kappa shape index (κ2) is 6.42. The fourth-order valence-electron chi connectivity index (χ4n) is 3.22. The van der Waals surface area contributed by atoms with E-state index < -0.39 is 0 Å². The third-order valence-electron chi connectivity index (χ3n) is 4.54. The number of rotatable bonds is 6. The quantitative estimate of drug-likeness (QED) is 0.471. The molecule has 3 N–H and O–H groups in total. The zero-order valence-electron chi connectivity index (χ0n) is 13.7. The Kier molecular flexibility index (Phi) is 3.97. The summed E-state index contributed by atoms with van der Waals surface area (Å²) in [6, 6.07) is 14.6. The highest BCUT2D eigenvalue weighted by molar-refractivity contribution is 5.85.